The largest absolute Gasteiger partial charge is 0.350 e. The van der Waals surface area contributed by atoms with Gasteiger partial charge in [0.05, 0.1) is 12.6 Å². The molecular weight excluding hydrogens is 266 g/mol. The second kappa shape index (κ2) is 7.10. The second-order valence-corrected chi connectivity index (χ2v) is 5.56. The molecule has 3 atom stereocenters. The lowest BCUT2D eigenvalue weighted by Gasteiger charge is -2.44. The molecule has 0 aromatic rings. The van der Waals surface area contributed by atoms with E-state index < -0.39 is 0 Å². The molecule has 110 valence electrons. The van der Waals surface area contributed by atoms with Crippen LogP contribution in [-0.2, 0) is 9.59 Å². The highest BCUT2D eigenvalue weighted by Gasteiger charge is 2.38. The lowest BCUT2D eigenvalue weighted by Crippen LogP contribution is -2.62. The van der Waals surface area contributed by atoms with Crippen LogP contribution < -0.4 is 11.1 Å². The molecule has 0 aromatic carbocycles. The number of piperazine rings is 1. The van der Waals surface area contributed by atoms with Crippen molar-refractivity contribution in [1.82, 2.24) is 10.2 Å². The van der Waals surface area contributed by atoms with Crippen LogP contribution in [0.2, 0.25) is 0 Å². The van der Waals surface area contributed by atoms with E-state index in [9.17, 15) is 9.59 Å². The molecule has 1 aliphatic heterocycles. The number of hydrogen-bond acceptors (Lipinski definition) is 3. The van der Waals surface area contributed by atoms with Crippen LogP contribution in [0.1, 0.15) is 45.4 Å². The summed E-state index contributed by atoms with van der Waals surface area (Å²) in [6.07, 6.45) is 5.43. The number of rotatable bonds is 3. The van der Waals surface area contributed by atoms with E-state index in [4.69, 9.17) is 5.73 Å². The predicted octanol–water partition coefficient (Wildman–Crippen LogP) is 0.805. The normalized spacial score (nSPS) is 27.9. The predicted molar refractivity (Wildman–Crippen MR) is 76.0 cm³/mol. The molecule has 0 spiro atoms. The maximum Gasteiger partial charge on any atom is 0.239 e. The van der Waals surface area contributed by atoms with Crippen molar-refractivity contribution in [2.24, 2.45) is 5.73 Å². The highest BCUT2D eigenvalue weighted by Crippen LogP contribution is 2.26. The number of nitrogens with two attached hydrogens (primary N) is 1. The van der Waals surface area contributed by atoms with Gasteiger partial charge in [0.25, 0.3) is 0 Å². The van der Waals surface area contributed by atoms with Crippen LogP contribution in [0.3, 0.4) is 0 Å². The summed E-state index contributed by atoms with van der Waals surface area (Å²) in [5.41, 5.74) is 5.68. The van der Waals surface area contributed by atoms with Crippen LogP contribution in [0.4, 0.5) is 0 Å². The van der Waals surface area contributed by atoms with Gasteiger partial charge in [0, 0.05) is 18.5 Å². The van der Waals surface area contributed by atoms with Gasteiger partial charge in [-0.15, -0.1) is 12.4 Å². The van der Waals surface area contributed by atoms with E-state index in [1.54, 1.807) is 4.90 Å². The van der Waals surface area contributed by atoms with Gasteiger partial charge in [-0.3, -0.25) is 9.59 Å². The van der Waals surface area contributed by atoms with E-state index in [2.05, 4.69) is 5.32 Å². The van der Waals surface area contributed by atoms with E-state index in [0.717, 1.165) is 25.7 Å². The Balaban J connectivity index is 0.00000180. The van der Waals surface area contributed by atoms with Crippen molar-refractivity contribution in [2.75, 3.05) is 6.54 Å². The van der Waals surface area contributed by atoms with Gasteiger partial charge in [-0.25, -0.2) is 0 Å². The Bertz CT molecular complexity index is 336. The van der Waals surface area contributed by atoms with Gasteiger partial charge < -0.3 is 16.0 Å². The summed E-state index contributed by atoms with van der Waals surface area (Å²) >= 11 is 0. The fourth-order valence-corrected chi connectivity index (χ4v) is 2.94. The minimum absolute atomic E-state index is 0. The number of fused-ring (bicyclic) bond motifs is 1. The topological polar surface area (TPSA) is 75.4 Å². The molecule has 0 bridgehead atoms. The second-order valence-electron chi connectivity index (χ2n) is 5.56. The van der Waals surface area contributed by atoms with Crippen molar-refractivity contribution in [3.05, 3.63) is 0 Å². The average molecular weight is 290 g/mol. The van der Waals surface area contributed by atoms with Crippen LogP contribution >= 0.6 is 12.4 Å². The molecule has 0 aromatic heterocycles. The van der Waals surface area contributed by atoms with Gasteiger partial charge in [-0.05, 0) is 26.2 Å². The molecule has 5 nitrogen and oxygen atoms in total. The Morgan fingerprint density at radius 1 is 1.47 bits per heavy atom. The Hall–Kier alpha value is -0.810. The molecule has 1 saturated heterocycles. The fraction of sp³-hybridized carbons (Fsp3) is 0.846. The minimum atomic E-state index is -0.0210. The molecule has 3 N–H and O–H groups in total. The third-order valence-electron chi connectivity index (χ3n) is 3.92. The van der Waals surface area contributed by atoms with Crippen LogP contribution in [0.15, 0.2) is 0 Å². The number of nitrogens with one attached hydrogen (secondary N) is 1. The highest BCUT2D eigenvalue weighted by atomic mass is 35.5. The van der Waals surface area contributed by atoms with E-state index in [1.165, 1.54) is 0 Å². The monoisotopic (exact) mass is 289 g/mol. The van der Waals surface area contributed by atoms with Crippen molar-refractivity contribution >= 4 is 24.2 Å². The number of hydrogen-bond donors (Lipinski definition) is 2. The molecule has 2 aliphatic rings. The summed E-state index contributed by atoms with van der Waals surface area (Å²) in [4.78, 5) is 25.6. The third kappa shape index (κ3) is 4.08. The number of carbonyl (C=O) groups is 2. The molecule has 1 aliphatic carbocycles. The van der Waals surface area contributed by atoms with Crippen molar-refractivity contribution in [2.45, 2.75) is 63.6 Å². The van der Waals surface area contributed by atoms with E-state index in [0.29, 0.717) is 12.8 Å². The third-order valence-corrected chi connectivity index (χ3v) is 3.92. The molecule has 2 rings (SSSR count). The first-order chi connectivity index (χ1) is 8.58. The molecule has 6 heteroatoms. The smallest absolute Gasteiger partial charge is 0.239 e. The number of carbonyl (C=O) groups excluding carboxylic acids is 2. The summed E-state index contributed by atoms with van der Waals surface area (Å²) in [7, 11) is 0. The molecule has 1 heterocycles. The summed E-state index contributed by atoms with van der Waals surface area (Å²) in [5.74, 6) is 0.0614. The average Bonchev–Trinajstić information content (AvgIpc) is 2.34. The SMILES string of the molecule is CC(N)CCC(=O)N1CC(=O)NC2CCCCC21.Cl. The van der Waals surface area contributed by atoms with E-state index in [1.807, 2.05) is 6.92 Å². The number of amides is 2. The van der Waals surface area contributed by atoms with Gasteiger partial charge in [-0.2, -0.15) is 0 Å². The maximum atomic E-state index is 12.2. The standard InChI is InChI=1S/C13H23N3O2.ClH/c1-9(14)6-7-13(18)16-8-12(17)15-10-4-2-3-5-11(10)16;/h9-11H,2-8,14H2,1H3,(H,15,17);1H. The molecule has 19 heavy (non-hydrogen) atoms. The van der Waals surface area contributed by atoms with Crippen LogP contribution in [-0.4, -0.2) is 41.4 Å². The number of halogens is 1. The zero-order chi connectivity index (χ0) is 13.1. The van der Waals surface area contributed by atoms with Crippen LogP contribution in [0, 0.1) is 0 Å². The fourth-order valence-electron chi connectivity index (χ4n) is 2.94. The Kier molecular flexibility index (Phi) is 6.07. The van der Waals surface area contributed by atoms with Gasteiger partial charge in [-0.1, -0.05) is 12.8 Å². The molecule has 3 unspecified atom stereocenters. The number of nitrogens with zero attached hydrogens (tertiary/aromatic N) is 1. The molecule has 2 fully saturated rings. The van der Waals surface area contributed by atoms with Gasteiger partial charge >= 0.3 is 0 Å². The Labute approximate surface area is 120 Å². The van der Waals surface area contributed by atoms with E-state index >= 15 is 0 Å². The molecule has 2 amide bonds. The zero-order valence-corrected chi connectivity index (χ0v) is 12.2. The van der Waals surface area contributed by atoms with Crippen molar-refractivity contribution in [3.8, 4) is 0 Å². The van der Waals surface area contributed by atoms with Gasteiger partial charge in [0.15, 0.2) is 0 Å². The van der Waals surface area contributed by atoms with Gasteiger partial charge in [0.2, 0.25) is 11.8 Å². The first-order valence-electron chi connectivity index (χ1n) is 6.92. The lowest BCUT2D eigenvalue weighted by atomic mass is 9.87. The first kappa shape index (κ1) is 16.2. The van der Waals surface area contributed by atoms with Crippen LogP contribution in [0.5, 0.6) is 0 Å². The van der Waals surface area contributed by atoms with Crippen LogP contribution in [0.25, 0.3) is 0 Å². The van der Waals surface area contributed by atoms with Crippen molar-refractivity contribution in [3.63, 3.8) is 0 Å². The maximum absolute atomic E-state index is 12.2. The summed E-state index contributed by atoms with van der Waals surface area (Å²) < 4.78 is 0. The molecule has 1 saturated carbocycles. The van der Waals surface area contributed by atoms with Crippen molar-refractivity contribution < 1.29 is 9.59 Å². The zero-order valence-electron chi connectivity index (χ0n) is 11.4. The lowest BCUT2D eigenvalue weighted by molar-refractivity contribution is -0.144. The summed E-state index contributed by atoms with van der Waals surface area (Å²) in [6, 6.07) is 0.408. The van der Waals surface area contributed by atoms with Gasteiger partial charge in [0.1, 0.15) is 0 Å². The van der Waals surface area contributed by atoms with E-state index in [-0.39, 0.29) is 48.9 Å². The first-order valence-corrected chi connectivity index (χ1v) is 6.92. The molecule has 0 radical (unpaired) electrons. The summed E-state index contributed by atoms with van der Waals surface area (Å²) in [6.45, 7) is 2.12. The Morgan fingerprint density at radius 2 is 2.16 bits per heavy atom. The Morgan fingerprint density at radius 3 is 2.84 bits per heavy atom. The van der Waals surface area contributed by atoms with Crippen molar-refractivity contribution in [1.29, 1.82) is 0 Å². The quantitative estimate of drug-likeness (QED) is 0.807. The summed E-state index contributed by atoms with van der Waals surface area (Å²) in [5, 5.41) is 3.01. The highest BCUT2D eigenvalue weighted by molar-refractivity contribution is 5.86. The minimum Gasteiger partial charge on any atom is -0.350 e. The molecular formula is C13H24ClN3O2.